The summed E-state index contributed by atoms with van der Waals surface area (Å²) in [5.74, 6) is 1.24. The van der Waals surface area contributed by atoms with E-state index in [2.05, 4.69) is 4.98 Å². The Hall–Kier alpha value is -2.10. The van der Waals surface area contributed by atoms with E-state index in [1.54, 1.807) is 24.1 Å². The molecular formula is C15H18N2O2. The summed E-state index contributed by atoms with van der Waals surface area (Å²) in [4.78, 5) is 16.6. The number of hydrogen-bond acceptors (Lipinski definition) is 3. The molecule has 0 saturated heterocycles. The fourth-order valence-electron chi connectivity index (χ4n) is 2.31. The van der Waals surface area contributed by atoms with Crippen LogP contribution in [0.4, 0.5) is 0 Å². The molecule has 0 aliphatic heterocycles. The van der Waals surface area contributed by atoms with Crippen LogP contribution >= 0.6 is 0 Å². The van der Waals surface area contributed by atoms with Crippen LogP contribution in [-0.4, -0.2) is 22.4 Å². The highest BCUT2D eigenvalue weighted by Gasteiger charge is 2.19. The van der Waals surface area contributed by atoms with E-state index in [9.17, 15) is 4.79 Å². The van der Waals surface area contributed by atoms with Crippen molar-refractivity contribution < 1.29 is 9.53 Å². The number of carbonyl (C=O) groups excluding carboxylic acids is 1. The van der Waals surface area contributed by atoms with E-state index in [0.29, 0.717) is 11.4 Å². The Labute approximate surface area is 113 Å². The molecule has 4 nitrogen and oxygen atoms in total. The molecule has 0 unspecified atom stereocenters. The average molecular weight is 258 g/mol. The second kappa shape index (κ2) is 4.88. The van der Waals surface area contributed by atoms with E-state index in [4.69, 9.17) is 4.74 Å². The standard InChI is InChI=1S/C15H18N2O2/c1-9-8-12(10(2)11(3)14(9)19-5)13(18)15-16-6-7-17(15)4/h6-8H,1-5H3. The molecule has 0 amide bonds. The van der Waals surface area contributed by atoms with Crippen molar-refractivity contribution in [1.82, 2.24) is 9.55 Å². The van der Waals surface area contributed by atoms with Crippen molar-refractivity contribution in [2.24, 2.45) is 7.05 Å². The van der Waals surface area contributed by atoms with Gasteiger partial charge in [0.05, 0.1) is 7.11 Å². The first-order valence-corrected chi connectivity index (χ1v) is 6.14. The van der Waals surface area contributed by atoms with Crippen molar-refractivity contribution in [2.75, 3.05) is 7.11 Å². The van der Waals surface area contributed by atoms with E-state index >= 15 is 0 Å². The molecular weight excluding hydrogens is 240 g/mol. The number of hydrogen-bond donors (Lipinski definition) is 0. The summed E-state index contributed by atoms with van der Waals surface area (Å²) in [6.07, 6.45) is 3.40. The molecule has 0 saturated carbocycles. The molecule has 4 heteroatoms. The van der Waals surface area contributed by atoms with Crippen LogP contribution in [0.1, 0.15) is 32.9 Å². The van der Waals surface area contributed by atoms with Gasteiger partial charge < -0.3 is 9.30 Å². The van der Waals surface area contributed by atoms with Gasteiger partial charge in [0.25, 0.3) is 0 Å². The molecule has 1 aromatic heterocycles. The zero-order valence-electron chi connectivity index (χ0n) is 11.9. The number of rotatable bonds is 3. The summed E-state index contributed by atoms with van der Waals surface area (Å²) in [7, 11) is 3.47. The summed E-state index contributed by atoms with van der Waals surface area (Å²) in [5, 5.41) is 0. The smallest absolute Gasteiger partial charge is 0.228 e. The molecule has 0 aliphatic carbocycles. The van der Waals surface area contributed by atoms with Gasteiger partial charge in [0, 0.05) is 25.0 Å². The predicted molar refractivity (Wildman–Crippen MR) is 73.8 cm³/mol. The van der Waals surface area contributed by atoms with E-state index in [-0.39, 0.29) is 5.78 Å². The highest BCUT2D eigenvalue weighted by Crippen LogP contribution is 2.29. The molecule has 0 radical (unpaired) electrons. The maximum Gasteiger partial charge on any atom is 0.228 e. The van der Waals surface area contributed by atoms with Crippen molar-refractivity contribution in [3.63, 3.8) is 0 Å². The van der Waals surface area contributed by atoms with Gasteiger partial charge in [-0.1, -0.05) is 0 Å². The highest BCUT2D eigenvalue weighted by atomic mass is 16.5. The quantitative estimate of drug-likeness (QED) is 0.795. The van der Waals surface area contributed by atoms with E-state index < -0.39 is 0 Å². The van der Waals surface area contributed by atoms with Crippen molar-refractivity contribution in [3.05, 3.63) is 46.5 Å². The average Bonchev–Trinajstić information content (AvgIpc) is 2.80. The topological polar surface area (TPSA) is 44.1 Å². The van der Waals surface area contributed by atoms with Crippen LogP contribution in [0.25, 0.3) is 0 Å². The predicted octanol–water partition coefficient (Wildman–Crippen LogP) is 2.58. The molecule has 0 N–H and O–H groups in total. The summed E-state index contributed by atoms with van der Waals surface area (Å²) in [6.45, 7) is 5.85. The van der Waals surface area contributed by atoms with Gasteiger partial charge in [0.1, 0.15) is 5.75 Å². The summed E-state index contributed by atoms with van der Waals surface area (Å²) in [6, 6.07) is 1.87. The molecule has 1 heterocycles. The number of benzene rings is 1. The lowest BCUT2D eigenvalue weighted by atomic mass is 9.95. The minimum absolute atomic E-state index is 0.0566. The van der Waals surface area contributed by atoms with Crippen molar-refractivity contribution in [1.29, 1.82) is 0 Å². The molecule has 0 bridgehead atoms. The van der Waals surface area contributed by atoms with Crippen LogP contribution < -0.4 is 4.74 Å². The van der Waals surface area contributed by atoms with Crippen molar-refractivity contribution >= 4 is 5.78 Å². The first kappa shape index (κ1) is 13.3. The third-order valence-corrected chi connectivity index (χ3v) is 3.50. The normalized spacial score (nSPS) is 10.6. The van der Waals surface area contributed by atoms with E-state index in [1.807, 2.05) is 33.9 Å². The van der Waals surface area contributed by atoms with Gasteiger partial charge in [-0.2, -0.15) is 0 Å². The van der Waals surface area contributed by atoms with Crippen LogP contribution in [0, 0.1) is 20.8 Å². The second-order valence-electron chi connectivity index (χ2n) is 4.72. The minimum atomic E-state index is -0.0566. The lowest BCUT2D eigenvalue weighted by molar-refractivity contribution is 0.102. The molecule has 0 atom stereocenters. The maximum absolute atomic E-state index is 12.5. The fourth-order valence-corrected chi connectivity index (χ4v) is 2.31. The first-order chi connectivity index (χ1) is 8.97. The van der Waals surface area contributed by atoms with Crippen LogP contribution in [0.2, 0.25) is 0 Å². The third kappa shape index (κ3) is 2.14. The molecule has 1 aromatic carbocycles. The Morgan fingerprint density at radius 1 is 1.26 bits per heavy atom. The zero-order valence-corrected chi connectivity index (χ0v) is 11.9. The number of methoxy groups -OCH3 is 1. The Bertz CT molecular complexity index is 642. The van der Waals surface area contributed by atoms with Crippen molar-refractivity contribution in [2.45, 2.75) is 20.8 Å². The number of nitrogens with zero attached hydrogens (tertiary/aromatic N) is 2. The molecule has 0 aliphatic rings. The first-order valence-electron chi connectivity index (χ1n) is 6.14. The van der Waals surface area contributed by atoms with E-state index in [1.165, 1.54) is 0 Å². The van der Waals surface area contributed by atoms with Gasteiger partial charge in [0.2, 0.25) is 5.78 Å². The largest absolute Gasteiger partial charge is 0.496 e. The molecule has 19 heavy (non-hydrogen) atoms. The highest BCUT2D eigenvalue weighted by molar-refractivity contribution is 6.08. The van der Waals surface area contributed by atoms with Crippen molar-refractivity contribution in [3.8, 4) is 5.75 Å². The van der Waals surface area contributed by atoms with Gasteiger partial charge in [-0.25, -0.2) is 4.98 Å². The molecule has 0 fully saturated rings. The SMILES string of the molecule is COc1c(C)cc(C(=O)c2nccn2C)c(C)c1C. The number of aryl methyl sites for hydroxylation is 2. The zero-order chi connectivity index (χ0) is 14.2. The van der Waals surface area contributed by atoms with Gasteiger partial charge in [0.15, 0.2) is 5.82 Å². The maximum atomic E-state index is 12.5. The number of ketones is 1. The van der Waals surface area contributed by atoms with Crippen LogP contribution in [0.15, 0.2) is 18.5 Å². The van der Waals surface area contributed by atoms with Gasteiger partial charge in [-0.15, -0.1) is 0 Å². The molecule has 2 rings (SSSR count). The minimum Gasteiger partial charge on any atom is -0.496 e. The monoisotopic (exact) mass is 258 g/mol. The molecule has 100 valence electrons. The Morgan fingerprint density at radius 2 is 1.95 bits per heavy atom. The van der Waals surface area contributed by atoms with Gasteiger partial charge in [-0.05, 0) is 43.5 Å². The lowest BCUT2D eigenvalue weighted by Gasteiger charge is -2.14. The number of imidazole rings is 1. The third-order valence-electron chi connectivity index (χ3n) is 3.50. The van der Waals surface area contributed by atoms with Gasteiger partial charge in [-0.3, -0.25) is 4.79 Å². The Kier molecular flexibility index (Phi) is 3.42. The Morgan fingerprint density at radius 3 is 2.47 bits per heavy atom. The van der Waals surface area contributed by atoms with Crippen LogP contribution in [0.5, 0.6) is 5.75 Å². The van der Waals surface area contributed by atoms with E-state index in [0.717, 1.165) is 22.4 Å². The summed E-state index contributed by atoms with van der Waals surface area (Å²) in [5.41, 5.74) is 3.59. The number of ether oxygens (including phenoxy) is 1. The summed E-state index contributed by atoms with van der Waals surface area (Å²) < 4.78 is 7.11. The molecule has 0 spiro atoms. The van der Waals surface area contributed by atoms with Gasteiger partial charge >= 0.3 is 0 Å². The fraction of sp³-hybridized carbons (Fsp3) is 0.333. The Balaban J connectivity index is 2.59. The molecule has 2 aromatic rings. The number of carbonyl (C=O) groups is 1. The van der Waals surface area contributed by atoms with Crippen LogP contribution in [0.3, 0.4) is 0 Å². The lowest BCUT2D eigenvalue weighted by Crippen LogP contribution is -2.12. The summed E-state index contributed by atoms with van der Waals surface area (Å²) >= 11 is 0. The number of aromatic nitrogens is 2. The second-order valence-corrected chi connectivity index (χ2v) is 4.72. The van der Waals surface area contributed by atoms with Crippen LogP contribution in [-0.2, 0) is 7.05 Å².